The molecule has 0 heterocycles. The van der Waals surface area contributed by atoms with E-state index < -0.39 is 17.6 Å². The third kappa shape index (κ3) is 2.79. The monoisotopic (exact) mass is 175 g/mol. The fraction of sp³-hybridized carbons (Fsp3) is 0.875. The zero-order valence-corrected chi connectivity index (χ0v) is 7.58. The Morgan fingerprint density at radius 2 is 2.17 bits per heavy atom. The Balaban J connectivity index is 4.06. The van der Waals surface area contributed by atoms with E-state index in [1.54, 1.807) is 6.92 Å². The maximum absolute atomic E-state index is 10.5. The maximum atomic E-state index is 10.5. The number of rotatable bonds is 5. The molecule has 0 fully saturated rings. The molecule has 0 saturated carbocycles. The van der Waals surface area contributed by atoms with Gasteiger partial charge in [-0.15, -0.1) is 0 Å². The van der Waals surface area contributed by atoms with Crippen LogP contribution in [0.25, 0.3) is 0 Å². The summed E-state index contributed by atoms with van der Waals surface area (Å²) in [5, 5.41) is 17.8. The van der Waals surface area contributed by atoms with Gasteiger partial charge in [-0.05, 0) is 6.42 Å². The largest absolute Gasteiger partial charge is 0.478 e. The van der Waals surface area contributed by atoms with Crippen LogP contribution >= 0.6 is 0 Å². The molecule has 0 aromatic heterocycles. The molecule has 0 bridgehead atoms. The van der Waals surface area contributed by atoms with Gasteiger partial charge in [0.25, 0.3) is 0 Å². The third-order valence-corrected chi connectivity index (χ3v) is 2.08. The highest BCUT2D eigenvalue weighted by Crippen LogP contribution is 2.18. The van der Waals surface area contributed by atoms with Gasteiger partial charge in [-0.25, -0.2) is 4.79 Å². The molecule has 2 unspecified atom stereocenters. The first-order chi connectivity index (χ1) is 5.42. The van der Waals surface area contributed by atoms with E-state index in [4.69, 9.17) is 10.8 Å². The van der Waals surface area contributed by atoms with Gasteiger partial charge in [0.05, 0.1) is 0 Å². The lowest BCUT2D eigenvalue weighted by Gasteiger charge is -2.25. The van der Waals surface area contributed by atoms with Crippen LogP contribution in [0.2, 0.25) is 0 Å². The zero-order valence-electron chi connectivity index (χ0n) is 7.58. The molecule has 4 nitrogen and oxygen atoms in total. The molecule has 0 aliphatic rings. The van der Waals surface area contributed by atoms with Gasteiger partial charge in [0.1, 0.15) is 0 Å². The number of hydrogen-bond acceptors (Lipinski definition) is 3. The Morgan fingerprint density at radius 3 is 2.50 bits per heavy atom. The quantitative estimate of drug-likeness (QED) is 0.533. The number of aliphatic carboxylic acids is 1. The van der Waals surface area contributed by atoms with Crippen LogP contribution in [0.1, 0.15) is 33.1 Å². The first-order valence-corrected chi connectivity index (χ1v) is 4.17. The van der Waals surface area contributed by atoms with E-state index in [2.05, 4.69) is 0 Å². The van der Waals surface area contributed by atoms with E-state index >= 15 is 0 Å². The summed E-state index contributed by atoms with van der Waals surface area (Å²) in [7, 11) is 0. The molecule has 0 spiro atoms. The minimum atomic E-state index is -2.07. The number of carboxylic acid groups (broad SMARTS) is 1. The van der Waals surface area contributed by atoms with Crippen molar-refractivity contribution in [1.29, 1.82) is 0 Å². The number of aliphatic hydroxyl groups is 1. The van der Waals surface area contributed by atoms with Crippen LogP contribution in [0.15, 0.2) is 0 Å². The maximum Gasteiger partial charge on any atom is 0.351 e. The van der Waals surface area contributed by atoms with Crippen molar-refractivity contribution in [2.45, 2.75) is 38.8 Å². The second-order valence-electron chi connectivity index (χ2n) is 3.17. The summed E-state index contributed by atoms with van der Waals surface area (Å²) >= 11 is 0. The molecule has 72 valence electrons. The molecule has 2 atom stereocenters. The predicted molar refractivity (Wildman–Crippen MR) is 45.5 cm³/mol. The van der Waals surface area contributed by atoms with E-state index in [1.807, 2.05) is 6.92 Å². The Kier molecular flexibility index (Phi) is 4.20. The fourth-order valence-corrected chi connectivity index (χ4v) is 0.941. The van der Waals surface area contributed by atoms with Gasteiger partial charge in [-0.2, -0.15) is 0 Å². The van der Waals surface area contributed by atoms with E-state index in [0.29, 0.717) is 6.42 Å². The molecule has 0 rings (SSSR count). The fourth-order valence-electron chi connectivity index (χ4n) is 0.941. The SMILES string of the molecule is CCCCC(C)C(N)(O)C(=O)O. The molecule has 0 aliphatic heterocycles. The van der Waals surface area contributed by atoms with Crippen LogP contribution in [0.4, 0.5) is 0 Å². The van der Waals surface area contributed by atoms with Crippen LogP contribution in [0, 0.1) is 5.92 Å². The molecular weight excluding hydrogens is 158 g/mol. The normalized spacial score (nSPS) is 18.3. The van der Waals surface area contributed by atoms with Crippen molar-refractivity contribution in [3.05, 3.63) is 0 Å². The molecule has 0 amide bonds. The van der Waals surface area contributed by atoms with Gasteiger partial charge >= 0.3 is 5.97 Å². The van der Waals surface area contributed by atoms with Crippen molar-refractivity contribution in [2.75, 3.05) is 0 Å². The standard InChI is InChI=1S/C8H17NO3/c1-3-4-5-6(2)8(9,12)7(10)11/h6,12H,3-5,9H2,1-2H3,(H,10,11). The van der Waals surface area contributed by atoms with Gasteiger partial charge in [-0.1, -0.05) is 26.7 Å². The lowest BCUT2D eigenvalue weighted by atomic mass is 9.93. The lowest BCUT2D eigenvalue weighted by molar-refractivity contribution is -0.163. The number of carboxylic acids is 1. The smallest absolute Gasteiger partial charge is 0.351 e. The van der Waals surface area contributed by atoms with Crippen LogP contribution < -0.4 is 5.73 Å². The molecular formula is C8H17NO3. The summed E-state index contributed by atoms with van der Waals surface area (Å²) in [5.74, 6) is -1.76. The lowest BCUT2D eigenvalue weighted by Crippen LogP contribution is -2.53. The number of unbranched alkanes of at least 4 members (excludes halogenated alkanes) is 1. The van der Waals surface area contributed by atoms with Crippen LogP contribution in [0.5, 0.6) is 0 Å². The Morgan fingerprint density at radius 1 is 1.67 bits per heavy atom. The van der Waals surface area contributed by atoms with Gasteiger partial charge in [0.15, 0.2) is 0 Å². The second-order valence-corrected chi connectivity index (χ2v) is 3.17. The van der Waals surface area contributed by atoms with E-state index in [0.717, 1.165) is 12.8 Å². The third-order valence-electron chi connectivity index (χ3n) is 2.08. The molecule has 4 N–H and O–H groups in total. The Bertz CT molecular complexity index is 156. The molecule has 0 saturated heterocycles. The first-order valence-electron chi connectivity index (χ1n) is 4.17. The number of nitrogens with two attached hydrogens (primary N) is 1. The minimum absolute atomic E-state index is 0.407. The van der Waals surface area contributed by atoms with Crippen molar-refractivity contribution >= 4 is 5.97 Å². The molecule has 0 radical (unpaired) electrons. The summed E-state index contributed by atoms with van der Waals surface area (Å²) in [5.41, 5.74) is 3.13. The molecule has 0 aromatic carbocycles. The summed E-state index contributed by atoms with van der Waals surface area (Å²) < 4.78 is 0. The Labute approximate surface area is 72.4 Å². The average Bonchev–Trinajstić information content (AvgIpc) is 1.99. The molecule has 12 heavy (non-hydrogen) atoms. The molecule has 4 heteroatoms. The highest BCUT2D eigenvalue weighted by Gasteiger charge is 2.36. The van der Waals surface area contributed by atoms with Crippen molar-refractivity contribution in [3.63, 3.8) is 0 Å². The second kappa shape index (κ2) is 4.42. The van der Waals surface area contributed by atoms with Crippen LogP contribution in [-0.2, 0) is 4.79 Å². The van der Waals surface area contributed by atoms with E-state index in [9.17, 15) is 9.90 Å². The van der Waals surface area contributed by atoms with Crippen molar-refractivity contribution in [2.24, 2.45) is 11.7 Å². The average molecular weight is 175 g/mol. The Hall–Kier alpha value is -0.610. The molecule has 0 aromatic rings. The molecule has 0 aliphatic carbocycles. The number of carbonyl (C=O) groups is 1. The summed E-state index contributed by atoms with van der Waals surface area (Å²) in [6.07, 6.45) is 2.49. The zero-order chi connectivity index (χ0) is 9.78. The first kappa shape index (κ1) is 11.4. The summed E-state index contributed by atoms with van der Waals surface area (Å²) in [4.78, 5) is 10.5. The van der Waals surface area contributed by atoms with Crippen molar-refractivity contribution in [3.8, 4) is 0 Å². The number of hydrogen-bond donors (Lipinski definition) is 3. The van der Waals surface area contributed by atoms with Gasteiger partial charge < -0.3 is 10.2 Å². The van der Waals surface area contributed by atoms with E-state index in [-0.39, 0.29) is 0 Å². The highest BCUT2D eigenvalue weighted by atomic mass is 16.4. The van der Waals surface area contributed by atoms with Crippen molar-refractivity contribution in [1.82, 2.24) is 0 Å². The van der Waals surface area contributed by atoms with E-state index in [1.165, 1.54) is 0 Å². The summed E-state index contributed by atoms with van der Waals surface area (Å²) in [6.45, 7) is 3.65. The van der Waals surface area contributed by atoms with Gasteiger partial charge in [0, 0.05) is 5.92 Å². The van der Waals surface area contributed by atoms with Crippen LogP contribution in [0.3, 0.4) is 0 Å². The van der Waals surface area contributed by atoms with Gasteiger partial charge in [-0.3, -0.25) is 5.73 Å². The highest BCUT2D eigenvalue weighted by molar-refractivity contribution is 5.76. The van der Waals surface area contributed by atoms with Gasteiger partial charge in [0.2, 0.25) is 5.72 Å². The predicted octanol–water partition coefficient (Wildman–Crippen LogP) is 0.545. The van der Waals surface area contributed by atoms with Crippen molar-refractivity contribution < 1.29 is 15.0 Å². The summed E-state index contributed by atoms with van der Waals surface area (Å²) in [6, 6.07) is 0. The minimum Gasteiger partial charge on any atom is -0.478 e. The topological polar surface area (TPSA) is 83.5 Å². The van der Waals surface area contributed by atoms with Crippen LogP contribution in [-0.4, -0.2) is 21.9 Å².